The van der Waals surface area contributed by atoms with Gasteiger partial charge in [-0.1, -0.05) is 155 Å². The molecule has 0 aliphatic heterocycles. The molecular formula is C33H62NNaO4. The molecule has 2 amide bonds. The van der Waals surface area contributed by atoms with Gasteiger partial charge in [0.15, 0.2) is 0 Å². The second-order valence-corrected chi connectivity index (χ2v) is 11.4. The average Bonchev–Trinajstić information content (AvgIpc) is 2.90. The number of carboxylic acid groups (broad SMARTS) is 1. The predicted molar refractivity (Wildman–Crippen MR) is 158 cm³/mol. The summed E-state index contributed by atoms with van der Waals surface area (Å²) < 4.78 is 0. The topological polar surface area (TPSA) is 77.5 Å². The second kappa shape index (κ2) is 30.6. The SMILES string of the molecule is CCCCCCCCCCCCCCCCCC(=O)N(C(=O)CCCCCCCCCCC)C(C)C(=O)[O-].[Na+]. The standard InChI is InChI=1S/C33H63NO4.Na/c1-4-6-8-10-12-14-15-16-17-18-19-21-23-25-27-29-32(36)34(30(3)33(37)38)31(35)28-26-24-22-20-13-11-9-7-5-2;/h30H,4-29H2,1-3H3,(H,37,38);/q;+1/p-1. The number of hydrogen-bond donors (Lipinski definition) is 0. The van der Waals surface area contributed by atoms with Gasteiger partial charge in [-0.05, 0) is 19.8 Å². The third-order valence-corrected chi connectivity index (χ3v) is 7.75. The Morgan fingerprint density at radius 3 is 0.949 bits per heavy atom. The fourth-order valence-corrected chi connectivity index (χ4v) is 5.15. The van der Waals surface area contributed by atoms with Crippen LogP contribution in [0.3, 0.4) is 0 Å². The van der Waals surface area contributed by atoms with Crippen LogP contribution in [0.25, 0.3) is 0 Å². The summed E-state index contributed by atoms with van der Waals surface area (Å²) in [4.78, 5) is 37.8. The van der Waals surface area contributed by atoms with E-state index in [1.165, 1.54) is 122 Å². The van der Waals surface area contributed by atoms with Crippen LogP contribution in [-0.4, -0.2) is 28.7 Å². The molecule has 0 aromatic rings. The number of carboxylic acids is 1. The van der Waals surface area contributed by atoms with Crippen molar-refractivity contribution in [1.29, 1.82) is 0 Å². The molecule has 0 radical (unpaired) electrons. The van der Waals surface area contributed by atoms with Gasteiger partial charge in [0.1, 0.15) is 0 Å². The van der Waals surface area contributed by atoms with E-state index in [2.05, 4.69) is 13.8 Å². The zero-order valence-electron chi connectivity index (χ0n) is 26.5. The molecule has 0 spiro atoms. The van der Waals surface area contributed by atoms with Crippen molar-refractivity contribution in [2.24, 2.45) is 0 Å². The zero-order chi connectivity index (χ0) is 28.3. The number of amides is 2. The minimum atomic E-state index is -1.37. The number of carbonyl (C=O) groups excluding carboxylic acids is 3. The Labute approximate surface area is 264 Å². The Balaban J connectivity index is 0. The first-order chi connectivity index (χ1) is 18.5. The van der Waals surface area contributed by atoms with Crippen LogP contribution in [0.2, 0.25) is 0 Å². The molecule has 0 aliphatic carbocycles. The van der Waals surface area contributed by atoms with E-state index >= 15 is 0 Å². The van der Waals surface area contributed by atoms with Crippen LogP contribution in [0.1, 0.15) is 188 Å². The first-order valence-electron chi connectivity index (χ1n) is 16.5. The first-order valence-corrected chi connectivity index (χ1v) is 16.5. The van der Waals surface area contributed by atoms with Crippen LogP contribution in [0.5, 0.6) is 0 Å². The van der Waals surface area contributed by atoms with Crippen molar-refractivity contribution in [3.63, 3.8) is 0 Å². The second-order valence-electron chi connectivity index (χ2n) is 11.4. The molecule has 39 heavy (non-hydrogen) atoms. The molecule has 6 heteroatoms. The zero-order valence-corrected chi connectivity index (χ0v) is 28.5. The van der Waals surface area contributed by atoms with Gasteiger partial charge < -0.3 is 9.90 Å². The molecule has 0 fully saturated rings. The summed E-state index contributed by atoms with van der Waals surface area (Å²) in [6.45, 7) is 5.86. The van der Waals surface area contributed by atoms with Crippen molar-refractivity contribution in [3.05, 3.63) is 0 Å². The van der Waals surface area contributed by atoms with Gasteiger partial charge >= 0.3 is 29.6 Å². The smallest absolute Gasteiger partial charge is 0.548 e. The number of carbonyl (C=O) groups is 3. The fourth-order valence-electron chi connectivity index (χ4n) is 5.15. The van der Waals surface area contributed by atoms with Crippen molar-refractivity contribution < 1.29 is 49.0 Å². The molecule has 0 rings (SSSR count). The van der Waals surface area contributed by atoms with Crippen LogP contribution in [0.4, 0.5) is 0 Å². The van der Waals surface area contributed by atoms with Gasteiger partial charge in [-0.3, -0.25) is 14.5 Å². The Morgan fingerprint density at radius 1 is 0.487 bits per heavy atom. The van der Waals surface area contributed by atoms with E-state index in [1.807, 2.05) is 0 Å². The Bertz CT molecular complexity index is 584. The molecule has 0 aromatic carbocycles. The van der Waals surface area contributed by atoms with Gasteiger partial charge in [-0.15, -0.1) is 0 Å². The summed E-state index contributed by atoms with van der Waals surface area (Å²) in [6, 6.07) is -1.20. The molecule has 224 valence electrons. The first kappa shape index (κ1) is 40.7. The molecule has 1 atom stereocenters. The minimum Gasteiger partial charge on any atom is -0.548 e. The maximum absolute atomic E-state index is 12.7. The number of unbranched alkanes of at least 4 members (excludes halogenated alkanes) is 22. The van der Waals surface area contributed by atoms with Crippen LogP contribution in [0.15, 0.2) is 0 Å². The fraction of sp³-hybridized carbons (Fsp3) is 0.909. The number of aliphatic carboxylic acids is 1. The quantitative estimate of drug-likeness (QED) is 0.0915. The number of rotatable bonds is 28. The van der Waals surface area contributed by atoms with Crippen molar-refractivity contribution in [3.8, 4) is 0 Å². The van der Waals surface area contributed by atoms with E-state index in [1.54, 1.807) is 0 Å². The van der Waals surface area contributed by atoms with Crippen LogP contribution in [-0.2, 0) is 14.4 Å². The number of imide groups is 1. The number of nitrogens with zero attached hydrogens (tertiary/aromatic N) is 1. The van der Waals surface area contributed by atoms with Crippen molar-refractivity contribution in [2.45, 2.75) is 194 Å². The maximum atomic E-state index is 12.7. The Hall–Kier alpha value is -0.390. The summed E-state index contributed by atoms with van der Waals surface area (Å²) in [5, 5.41) is 11.4. The Kier molecular flexibility index (Phi) is 31.9. The van der Waals surface area contributed by atoms with Crippen LogP contribution < -0.4 is 34.7 Å². The minimum absolute atomic E-state index is 0. The summed E-state index contributed by atoms with van der Waals surface area (Å²) >= 11 is 0. The van der Waals surface area contributed by atoms with Gasteiger partial charge in [0.2, 0.25) is 11.8 Å². The third-order valence-electron chi connectivity index (χ3n) is 7.75. The molecule has 5 nitrogen and oxygen atoms in total. The van der Waals surface area contributed by atoms with Crippen LogP contribution >= 0.6 is 0 Å². The van der Waals surface area contributed by atoms with Gasteiger partial charge in [-0.25, -0.2) is 0 Å². The van der Waals surface area contributed by atoms with E-state index in [0.717, 1.165) is 30.6 Å². The third kappa shape index (κ3) is 25.1. The molecule has 0 aliphatic rings. The van der Waals surface area contributed by atoms with Crippen molar-refractivity contribution in [1.82, 2.24) is 4.90 Å². The van der Waals surface area contributed by atoms with E-state index < -0.39 is 12.0 Å². The van der Waals surface area contributed by atoms with E-state index in [4.69, 9.17) is 0 Å². The monoisotopic (exact) mass is 559 g/mol. The summed E-state index contributed by atoms with van der Waals surface area (Å²) in [6.07, 6.45) is 29.5. The largest absolute Gasteiger partial charge is 1.00 e. The Morgan fingerprint density at radius 2 is 0.718 bits per heavy atom. The van der Waals surface area contributed by atoms with E-state index in [0.29, 0.717) is 12.8 Å². The van der Waals surface area contributed by atoms with Gasteiger partial charge in [-0.2, -0.15) is 0 Å². The van der Waals surface area contributed by atoms with Gasteiger partial charge in [0, 0.05) is 12.8 Å². The van der Waals surface area contributed by atoms with Gasteiger partial charge in [0.05, 0.1) is 12.0 Å². The summed E-state index contributed by atoms with van der Waals surface area (Å²) in [5.41, 5.74) is 0. The molecule has 1 unspecified atom stereocenters. The predicted octanol–water partition coefficient (Wildman–Crippen LogP) is 5.67. The maximum Gasteiger partial charge on any atom is 1.00 e. The van der Waals surface area contributed by atoms with Crippen molar-refractivity contribution in [2.75, 3.05) is 0 Å². The van der Waals surface area contributed by atoms with E-state index in [9.17, 15) is 19.5 Å². The molecule has 0 bridgehead atoms. The molecule has 0 saturated heterocycles. The summed E-state index contributed by atoms with van der Waals surface area (Å²) in [7, 11) is 0. The molecule has 0 N–H and O–H groups in total. The molecule has 0 saturated carbocycles. The average molecular weight is 560 g/mol. The van der Waals surface area contributed by atoms with Crippen LogP contribution in [0, 0.1) is 0 Å². The van der Waals surface area contributed by atoms with Gasteiger partial charge in [0.25, 0.3) is 0 Å². The molecular weight excluding hydrogens is 497 g/mol. The normalized spacial score (nSPS) is 11.7. The number of hydrogen-bond acceptors (Lipinski definition) is 4. The van der Waals surface area contributed by atoms with E-state index in [-0.39, 0.29) is 54.2 Å². The summed E-state index contributed by atoms with van der Waals surface area (Å²) in [5.74, 6) is -2.09. The van der Waals surface area contributed by atoms with Crippen molar-refractivity contribution >= 4 is 17.8 Å². The molecule has 0 heterocycles. The molecule has 0 aromatic heterocycles.